The van der Waals surface area contributed by atoms with E-state index in [0.29, 0.717) is 12.5 Å². The Labute approximate surface area is 77.2 Å². The number of rotatable bonds is 6. The summed E-state index contributed by atoms with van der Waals surface area (Å²) >= 11 is 0. The first kappa shape index (κ1) is 12.0. The molecule has 0 aromatic carbocycles. The standard InChI is InChI=1S/C11H24O/c1-5-9(2)6-10(3)7-11(4)8-12/h9-12H,5-8H2,1-4H3/t9-,10+,11+/m0/s1. The summed E-state index contributed by atoms with van der Waals surface area (Å²) in [7, 11) is 0. The summed E-state index contributed by atoms with van der Waals surface area (Å²) in [4.78, 5) is 0. The van der Waals surface area contributed by atoms with Crippen molar-refractivity contribution in [3.8, 4) is 0 Å². The zero-order chi connectivity index (χ0) is 9.56. The molecule has 3 atom stereocenters. The predicted molar refractivity (Wildman–Crippen MR) is 54.1 cm³/mol. The minimum absolute atomic E-state index is 0.338. The van der Waals surface area contributed by atoms with Crippen LogP contribution in [0.4, 0.5) is 0 Å². The molecule has 0 aromatic rings. The van der Waals surface area contributed by atoms with Gasteiger partial charge in [0.2, 0.25) is 0 Å². The van der Waals surface area contributed by atoms with Crippen LogP contribution in [0.25, 0.3) is 0 Å². The van der Waals surface area contributed by atoms with Crippen molar-refractivity contribution in [2.45, 2.75) is 47.0 Å². The molecule has 0 aliphatic rings. The summed E-state index contributed by atoms with van der Waals surface area (Å²) in [5, 5.41) is 8.87. The maximum absolute atomic E-state index is 8.87. The summed E-state index contributed by atoms with van der Waals surface area (Å²) in [5.74, 6) is 2.08. The zero-order valence-electron chi connectivity index (χ0n) is 9.01. The molecular weight excluding hydrogens is 148 g/mol. The van der Waals surface area contributed by atoms with Crippen molar-refractivity contribution in [3.63, 3.8) is 0 Å². The average molecular weight is 172 g/mol. The van der Waals surface area contributed by atoms with Crippen LogP contribution in [0.2, 0.25) is 0 Å². The van der Waals surface area contributed by atoms with E-state index < -0.39 is 0 Å². The van der Waals surface area contributed by atoms with E-state index in [0.717, 1.165) is 11.8 Å². The molecular formula is C11H24O. The third kappa shape index (κ3) is 5.59. The van der Waals surface area contributed by atoms with Gasteiger partial charge in [-0.2, -0.15) is 0 Å². The second kappa shape index (κ2) is 6.47. The Hall–Kier alpha value is -0.0400. The van der Waals surface area contributed by atoms with E-state index >= 15 is 0 Å². The van der Waals surface area contributed by atoms with E-state index in [1.165, 1.54) is 19.3 Å². The van der Waals surface area contributed by atoms with Crippen molar-refractivity contribution in [1.29, 1.82) is 0 Å². The van der Waals surface area contributed by atoms with Gasteiger partial charge in [-0.25, -0.2) is 0 Å². The van der Waals surface area contributed by atoms with Gasteiger partial charge >= 0.3 is 0 Å². The van der Waals surface area contributed by atoms with Crippen LogP contribution in [0.15, 0.2) is 0 Å². The highest BCUT2D eigenvalue weighted by atomic mass is 16.3. The lowest BCUT2D eigenvalue weighted by molar-refractivity contribution is 0.207. The first-order chi connectivity index (χ1) is 5.60. The largest absolute Gasteiger partial charge is 0.396 e. The smallest absolute Gasteiger partial charge is 0.0456 e. The number of aliphatic hydroxyl groups excluding tert-OH is 1. The summed E-state index contributed by atoms with van der Waals surface area (Å²) in [5.41, 5.74) is 0. The number of hydrogen-bond donors (Lipinski definition) is 1. The Morgan fingerprint density at radius 2 is 1.42 bits per heavy atom. The molecule has 0 aliphatic carbocycles. The van der Waals surface area contributed by atoms with Crippen molar-refractivity contribution in [2.24, 2.45) is 17.8 Å². The quantitative estimate of drug-likeness (QED) is 0.653. The average Bonchev–Trinajstić information content (AvgIpc) is 2.03. The SMILES string of the molecule is CC[C@H](C)C[C@@H](C)C[C@@H](C)CO. The van der Waals surface area contributed by atoms with Crippen molar-refractivity contribution in [3.05, 3.63) is 0 Å². The highest BCUT2D eigenvalue weighted by Gasteiger charge is 2.10. The molecule has 0 amide bonds. The van der Waals surface area contributed by atoms with Gasteiger partial charge in [0, 0.05) is 6.61 Å². The number of aliphatic hydroxyl groups is 1. The summed E-state index contributed by atoms with van der Waals surface area (Å²) in [6.45, 7) is 9.29. The summed E-state index contributed by atoms with van der Waals surface area (Å²) in [6, 6.07) is 0. The molecule has 74 valence electrons. The minimum Gasteiger partial charge on any atom is -0.396 e. The van der Waals surface area contributed by atoms with Gasteiger partial charge in [0.05, 0.1) is 0 Å². The molecule has 0 saturated carbocycles. The highest BCUT2D eigenvalue weighted by Crippen LogP contribution is 2.20. The van der Waals surface area contributed by atoms with Crippen molar-refractivity contribution in [2.75, 3.05) is 6.61 Å². The maximum Gasteiger partial charge on any atom is 0.0456 e. The molecule has 0 unspecified atom stereocenters. The zero-order valence-corrected chi connectivity index (χ0v) is 9.01. The van der Waals surface area contributed by atoms with Gasteiger partial charge in [-0.15, -0.1) is 0 Å². The number of hydrogen-bond acceptors (Lipinski definition) is 1. The van der Waals surface area contributed by atoms with E-state index in [-0.39, 0.29) is 0 Å². The molecule has 1 nitrogen and oxygen atoms in total. The van der Waals surface area contributed by atoms with E-state index in [2.05, 4.69) is 27.7 Å². The fourth-order valence-electron chi connectivity index (χ4n) is 1.71. The molecule has 0 fully saturated rings. The molecule has 0 aliphatic heterocycles. The maximum atomic E-state index is 8.87. The molecule has 0 aromatic heterocycles. The molecule has 0 spiro atoms. The summed E-state index contributed by atoms with van der Waals surface area (Å²) in [6.07, 6.45) is 3.75. The molecule has 12 heavy (non-hydrogen) atoms. The van der Waals surface area contributed by atoms with Crippen LogP contribution in [-0.2, 0) is 0 Å². The molecule has 0 heterocycles. The Kier molecular flexibility index (Phi) is 6.45. The van der Waals surface area contributed by atoms with Gasteiger partial charge in [0.25, 0.3) is 0 Å². The molecule has 1 heteroatoms. The Morgan fingerprint density at radius 3 is 1.83 bits per heavy atom. The van der Waals surface area contributed by atoms with Gasteiger partial charge in [-0.1, -0.05) is 34.1 Å². The van der Waals surface area contributed by atoms with Crippen LogP contribution >= 0.6 is 0 Å². The lowest BCUT2D eigenvalue weighted by atomic mass is 9.89. The second-order valence-electron chi connectivity index (χ2n) is 4.38. The monoisotopic (exact) mass is 172 g/mol. The third-order valence-corrected chi connectivity index (χ3v) is 2.62. The lowest BCUT2D eigenvalue weighted by Crippen LogP contribution is -2.09. The highest BCUT2D eigenvalue weighted by molar-refractivity contribution is 4.61. The van der Waals surface area contributed by atoms with Gasteiger partial charge < -0.3 is 5.11 Å². The normalized spacial score (nSPS) is 18.8. The van der Waals surface area contributed by atoms with Crippen LogP contribution in [0.3, 0.4) is 0 Å². The van der Waals surface area contributed by atoms with Crippen LogP contribution < -0.4 is 0 Å². The summed E-state index contributed by atoms with van der Waals surface area (Å²) < 4.78 is 0. The first-order valence-corrected chi connectivity index (χ1v) is 5.20. The van der Waals surface area contributed by atoms with Crippen LogP contribution in [0.1, 0.15) is 47.0 Å². The fourth-order valence-corrected chi connectivity index (χ4v) is 1.71. The van der Waals surface area contributed by atoms with Crippen LogP contribution in [0.5, 0.6) is 0 Å². The molecule has 0 saturated heterocycles. The topological polar surface area (TPSA) is 20.2 Å². The minimum atomic E-state index is 0.338. The third-order valence-electron chi connectivity index (χ3n) is 2.62. The Bertz CT molecular complexity index is 89.2. The van der Waals surface area contributed by atoms with Gasteiger partial charge in [0.15, 0.2) is 0 Å². The van der Waals surface area contributed by atoms with E-state index in [9.17, 15) is 0 Å². The van der Waals surface area contributed by atoms with Gasteiger partial charge in [0.1, 0.15) is 0 Å². The molecule has 0 rings (SSSR count). The van der Waals surface area contributed by atoms with Crippen LogP contribution in [0, 0.1) is 17.8 Å². The van der Waals surface area contributed by atoms with E-state index in [4.69, 9.17) is 5.11 Å². The van der Waals surface area contributed by atoms with Crippen molar-refractivity contribution < 1.29 is 5.11 Å². The fraction of sp³-hybridized carbons (Fsp3) is 1.00. The second-order valence-corrected chi connectivity index (χ2v) is 4.38. The van der Waals surface area contributed by atoms with Crippen molar-refractivity contribution >= 4 is 0 Å². The Balaban J connectivity index is 3.51. The first-order valence-electron chi connectivity index (χ1n) is 5.20. The predicted octanol–water partition coefficient (Wildman–Crippen LogP) is 3.08. The van der Waals surface area contributed by atoms with Gasteiger partial charge in [-0.3, -0.25) is 0 Å². The van der Waals surface area contributed by atoms with Gasteiger partial charge in [-0.05, 0) is 30.6 Å². The molecule has 1 N–H and O–H groups in total. The Morgan fingerprint density at radius 1 is 0.917 bits per heavy atom. The molecule has 0 radical (unpaired) electrons. The van der Waals surface area contributed by atoms with Crippen LogP contribution in [-0.4, -0.2) is 11.7 Å². The lowest BCUT2D eigenvalue weighted by Gasteiger charge is -2.18. The molecule has 0 bridgehead atoms. The van der Waals surface area contributed by atoms with E-state index in [1.807, 2.05) is 0 Å². The van der Waals surface area contributed by atoms with E-state index in [1.54, 1.807) is 0 Å². The van der Waals surface area contributed by atoms with Crippen molar-refractivity contribution in [1.82, 2.24) is 0 Å².